The first kappa shape index (κ1) is 14.7. The minimum absolute atomic E-state index is 0.139. The number of anilines is 1. The van der Waals surface area contributed by atoms with E-state index in [-0.39, 0.29) is 17.9 Å². The summed E-state index contributed by atoms with van der Waals surface area (Å²) >= 11 is 1.26. The van der Waals surface area contributed by atoms with E-state index < -0.39 is 5.97 Å². The van der Waals surface area contributed by atoms with E-state index in [4.69, 9.17) is 9.84 Å². The molecule has 1 heterocycles. The fourth-order valence-electron chi connectivity index (χ4n) is 1.37. The lowest BCUT2D eigenvalue weighted by molar-refractivity contribution is -0.117. The summed E-state index contributed by atoms with van der Waals surface area (Å²) in [5.74, 6) is -1.26. The maximum atomic E-state index is 11.6. The fraction of sp³-hybridized carbons (Fsp3) is 0.500. The van der Waals surface area contributed by atoms with Crippen molar-refractivity contribution in [2.24, 2.45) is 0 Å². The Labute approximate surface area is 110 Å². The normalized spacial score (nSPS) is 10.3. The SMILES string of the molecule is CCCOCCC(=O)Nc1sc(C)cc1C(=O)O. The molecule has 1 rings (SSSR count). The molecule has 0 spiro atoms. The Hall–Kier alpha value is -1.40. The topological polar surface area (TPSA) is 75.6 Å². The number of aromatic carboxylic acids is 1. The summed E-state index contributed by atoms with van der Waals surface area (Å²) in [6.45, 7) is 4.78. The lowest BCUT2D eigenvalue weighted by Crippen LogP contribution is -2.15. The summed E-state index contributed by atoms with van der Waals surface area (Å²) in [4.78, 5) is 23.4. The van der Waals surface area contributed by atoms with E-state index in [1.165, 1.54) is 11.3 Å². The molecule has 0 saturated heterocycles. The van der Waals surface area contributed by atoms with Gasteiger partial charge in [-0.15, -0.1) is 11.3 Å². The minimum atomic E-state index is -1.03. The number of thiophene rings is 1. The highest BCUT2D eigenvalue weighted by molar-refractivity contribution is 7.16. The van der Waals surface area contributed by atoms with Gasteiger partial charge in [-0.1, -0.05) is 6.92 Å². The molecule has 0 bridgehead atoms. The number of hydrogen-bond acceptors (Lipinski definition) is 4. The van der Waals surface area contributed by atoms with Crippen LogP contribution in [-0.2, 0) is 9.53 Å². The van der Waals surface area contributed by atoms with Gasteiger partial charge in [-0.25, -0.2) is 4.79 Å². The van der Waals surface area contributed by atoms with Gasteiger partial charge in [0.2, 0.25) is 5.91 Å². The van der Waals surface area contributed by atoms with Gasteiger partial charge < -0.3 is 15.2 Å². The average Bonchev–Trinajstić information content (AvgIpc) is 2.66. The van der Waals surface area contributed by atoms with Crippen molar-refractivity contribution in [3.05, 3.63) is 16.5 Å². The summed E-state index contributed by atoms with van der Waals surface area (Å²) in [5.41, 5.74) is 0.139. The number of aryl methyl sites for hydroxylation is 1. The zero-order valence-corrected chi connectivity index (χ0v) is 11.3. The maximum Gasteiger partial charge on any atom is 0.338 e. The lowest BCUT2D eigenvalue weighted by atomic mass is 10.3. The molecule has 0 aromatic carbocycles. The standard InChI is InChI=1S/C12H17NO4S/c1-3-5-17-6-4-10(14)13-11-9(12(15)16)7-8(2)18-11/h7H,3-6H2,1-2H3,(H,13,14)(H,15,16). The van der Waals surface area contributed by atoms with Crippen molar-refractivity contribution in [2.45, 2.75) is 26.7 Å². The Balaban J connectivity index is 2.51. The van der Waals surface area contributed by atoms with Gasteiger partial charge in [-0.3, -0.25) is 4.79 Å². The highest BCUT2D eigenvalue weighted by atomic mass is 32.1. The van der Waals surface area contributed by atoms with E-state index in [1.54, 1.807) is 13.0 Å². The molecule has 1 aromatic heterocycles. The van der Waals surface area contributed by atoms with Gasteiger partial charge in [0.25, 0.3) is 0 Å². The van der Waals surface area contributed by atoms with Gasteiger partial charge in [-0.05, 0) is 19.4 Å². The molecular weight excluding hydrogens is 254 g/mol. The van der Waals surface area contributed by atoms with Crippen LogP contribution < -0.4 is 5.32 Å². The highest BCUT2D eigenvalue weighted by Crippen LogP contribution is 2.27. The number of ether oxygens (including phenoxy) is 1. The number of carboxylic acids is 1. The van der Waals surface area contributed by atoms with Crippen LogP contribution in [0.1, 0.15) is 35.0 Å². The van der Waals surface area contributed by atoms with Crippen molar-refractivity contribution in [3.8, 4) is 0 Å². The number of nitrogens with one attached hydrogen (secondary N) is 1. The van der Waals surface area contributed by atoms with Crippen molar-refractivity contribution in [1.29, 1.82) is 0 Å². The Morgan fingerprint density at radius 2 is 2.17 bits per heavy atom. The first-order valence-electron chi connectivity index (χ1n) is 5.76. The molecule has 1 amide bonds. The Morgan fingerprint density at radius 3 is 2.78 bits per heavy atom. The molecule has 2 N–H and O–H groups in total. The molecule has 5 nitrogen and oxygen atoms in total. The predicted molar refractivity (Wildman–Crippen MR) is 70.4 cm³/mol. The summed E-state index contributed by atoms with van der Waals surface area (Å²) in [6.07, 6.45) is 1.14. The molecule has 0 fully saturated rings. The van der Waals surface area contributed by atoms with Crippen molar-refractivity contribution in [1.82, 2.24) is 0 Å². The molecule has 0 aliphatic heterocycles. The lowest BCUT2D eigenvalue weighted by Gasteiger charge is -2.04. The van der Waals surface area contributed by atoms with Crippen LogP contribution >= 0.6 is 11.3 Å². The van der Waals surface area contributed by atoms with E-state index in [0.717, 1.165) is 11.3 Å². The summed E-state index contributed by atoms with van der Waals surface area (Å²) in [6, 6.07) is 1.55. The number of carboxylic acid groups (broad SMARTS) is 1. The van der Waals surface area contributed by atoms with E-state index in [2.05, 4.69) is 5.32 Å². The number of carbonyl (C=O) groups excluding carboxylic acids is 1. The van der Waals surface area contributed by atoms with Crippen LogP contribution in [0.5, 0.6) is 0 Å². The number of rotatable bonds is 7. The predicted octanol–water partition coefficient (Wildman–Crippen LogP) is 2.51. The van der Waals surface area contributed by atoms with Crippen LogP contribution in [0.25, 0.3) is 0 Å². The second-order valence-corrected chi connectivity index (χ2v) is 5.07. The van der Waals surface area contributed by atoms with E-state index in [0.29, 0.717) is 18.2 Å². The molecule has 0 aliphatic rings. The molecule has 18 heavy (non-hydrogen) atoms. The van der Waals surface area contributed by atoms with E-state index in [1.807, 2.05) is 6.92 Å². The quantitative estimate of drug-likeness (QED) is 0.747. The van der Waals surface area contributed by atoms with Crippen LogP contribution in [0.4, 0.5) is 5.00 Å². The molecule has 0 aliphatic carbocycles. The fourth-order valence-corrected chi connectivity index (χ4v) is 2.29. The zero-order valence-electron chi connectivity index (χ0n) is 10.5. The first-order chi connectivity index (χ1) is 8.54. The first-order valence-corrected chi connectivity index (χ1v) is 6.57. The Morgan fingerprint density at radius 1 is 1.44 bits per heavy atom. The minimum Gasteiger partial charge on any atom is -0.478 e. The van der Waals surface area contributed by atoms with Crippen LogP contribution in [0, 0.1) is 6.92 Å². The number of carbonyl (C=O) groups is 2. The average molecular weight is 271 g/mol. The van der Waals surface area contributed by atoms with Crippen molar-refractivity contribution < 1.29 is 19.4 Å². The molecule has 0 saturated carbocycles. The van der Waals surface area contributed by atoms with Crippen LogP contribution in [-0.4, -0.2) is 30.2 Å². The van der Waals surface area contributed by atoms with E-state index in [9.17, 15) is 9.59 Å². The van der Waals surface area contributed by atoms with Gasteiger partial charge in [0.15, 0.2) is 0 Å². The number of hydrogen-bond donors (Lipinski definition) is 2. The van der Waals surface area contributed by atoms with Gasteiger partial charge in [0.05, 0.1) is 18.6 Å². The summed E-state index contributed by atoms with van der Waals surface area (Å²) in [7, 11) is 0. The molecule has 1 aromatic rings. The molecule has 0 unspecified atom stereocenters. The molecule has 0 atom stereocenters. The third-order valence-electron chi connectivity index (χ3n) is 2.16. The number of amides is 1. The largest absolute Gasteiger partial charge is 0.478 e. The Bertz CT molecular complexity index is 428. The maximum absolute atomic E-state index is 11.6. The van der Waals surface area contributed by atoms with E-state index >= 15 is 0 Å². The van der Waals surface area contributed by atoms with Crippen molar-refractivity contribution in [3.63, 3.8) is 0 Å². The highest BCUT2D eigenvalue weighted by Gasteiger charge is 2.15. The molecule has 0 radical (unpaired) electrons. The Kier molecular flexibility index (Phi) is 5.80. The molecular formula is C12H17NO4S. The van der Waals surface area contributed by atoms with Crippen LogP contribution in [0.3, 0.4) is 0 Å². The van der Waals surface area contributed by atoms with Gasteiger partial charge >= 0.3 is 5.97 Å². The van der Waals surface area contributed by atoms with Gasteiger partial charge in [-0.2, -0.15) is 0 Å². The second-order valence-electron chi connectivity index (χ2n) is 3.82. The third kappa shape index (κ3) is 4.46. The van der Waals surface area contributed by atoms with Crippen molar-refractivity contribution >= 4 is 28.2 Å². The third-order valence-corrected chi connectivity index (χ3v) is 3.13. The monoisotopic (exact) mass is 271 g/mol. The zero-order chi connectivity index (χ0) is 13.5. The molecule has 100 valence electrons. The summed E-state index contributed by atoms with van der Waals surface area (Å²) in [5, 5.41) is 12.0. The van der Waals surface area contributed by atoms with Crippen molar-refractivity contribution in [2.75, 3.05) is 18.5 Å². The smallest absolute Gasteiger partial charge is 0.338 e. The summed E-state index contributed by atoms with van der Waals surface area (Å²) < 4.78 is 5.20. The van der Waals surface area contributed by atoms with Gasteiger partial charge in [0.1, 0.15) is 5.00 Å². The van der Waals surface area contributed by atoms with Crippen LogP contribution in [0.15, 0.2) is 6.07 Å². The van der Waals surface area contributed by atoms with Gasteiger partial charge in [0, 0.05) is 11.5 Å². The molecule has 6 heteroatoms. The second kappa shape index (κ2) is 7.13. The van der Waals surface area contributed by atoms with Crippen LogP contribution in [0.2, 0.25) is 0 Å².